The van der Waals surface area contributed by atoms with E-state index in [0.717, 1.165) is 36.9 Å². The molecule has 0 spiro atoms. The summed E-state index contributed by atoms with van der Waals surface area (Å²) in [6.45, 7) is 6.24. The van der Waals surface area contributed by atoms with Gasteiger partial charge in [0.15, 0.2) is 0 Å². The number of hydrogen-bond acceptors (Lipinski definition) is 5. The summed E-state index contributed by atoms with van der Waals surface area (Å²) in [4.78, 5) is 17.8. The standard InChI is InChI=1S/C17H25NO4S/c1-17(2,3)16(19)22-18-11-5-4-6-15(18)14-9-7-13(8-10-14)12-23(20)21/h7-10,15,23H,4-6,11-12H2,1-3H3. The fraction of sp³-hybridized carbons (Fsp3) is 0.588. The zero-order valence-corrected chi connectivity index (χ0v) is 14.8. The molecule has 1 aromatic carbocycles. The molecule has 1 heterocycles. The number of thiol groups is 1. The van der Waals surface area contributed by atoms with Crippen molar-refractivity contribution in [3.8, 4) is 0 Å². The van der Waals surface area contributed by atoms with Crippen LogP contribution in [0, 0.1) is 5.41 Å². The summed E-state index contributed by atoms with van der Waals surface area (Å²) in [5, 5.41) is 1.78. The number of rotatable bonds is 4. The quantitative estimate of drug-likeness (QED) is 0.855. The molecule has 0 saturated carbocycles. The summed E-state index contributed by atoms with van der Waals surface area (Å²) in [5.41, 5.74) is 1.29. The average molecular weight is 339 g/mol. The van der Waals surface area contributed by atoms with E-state index in [9.17, 15) is 13.2 Å². The van der Waals surface area contributed by atoms with Crippen LogP contribution >= 0.6 is 0 Å². The molecule has 1 atom stereocenters. The van der Waals surface area contributed by atoms with Crippen LogP contribution in [-0.4, -0.2) is 26.0 Å². The topological polar surface area (TPSA) is 63.7 Å². The fourth-order valence-electron chi connectivity index (χ4n) is 2.59. The highest BCUT2D eigenvalue weighted by molar-refractivity contribution is 7.71. The highest BCUT2D eigenvalue weighted by Gasteiger charge is 2.31. The molecule has 0 bridgehead atoms. The normalized spacial score (nSPS) is 19.7. The molecular weight excluding hydrogens is 314 g/mol. The van der Waals surface area contributed by atoms with Gasteiger partial charge in [-0.25, -0.2) is 13.2 Å². The van der Waals surface area contributed by atoms with E-state index in [4.69, 9.17) is 4.84 Å². The number of piperidine rings is 1. The summed E-state index contributed by atoms with van der Waals surface area (Å²) >= 11 is 0. The van der Waals surface area contributed by atoms with E-state index in [2.05, 4.69) is 0 Å². The number of carbonyl (C=O) groups excluding carboxylic acids is 1. The number of hydrogen-bond donors (Lipinski definition) is 1. The van der Waals surface area contributed by atoms with Gasteiger partial charge < -0.3 is 4.84 Å². The van der Waals surface area contributed by atoms with E-state index in [1.165, 1.54) is 0 Å². The fourth-order valence-corrected chi connectivity index (χ4v) is 3.09. The Kier molecular flexibility index (Phi) is 5.81. The minimum atomic E-state index is -2.41. The monoisotopic (exact) mass is 339 g/mol. The van der Waals surface area contributed by atoms with Gasteiger partial charge in [0.25, 0.3) is 0 Å². The Labute approximate surface area is 139 Å². The Morgan fingerprint density at radius 3 is 2.43 bits per heavy atom. The highest BCUT2D eigenvalue weighted by Crippen LogP contribution is 2.32. The predicted octanol–water partition coefficient (Wildman–Crippen LogP) is 2.83. The van der Waals surface area contributed by atoms with Gasteiger partial charge in [-0.2, -0.15) is 0 Å². The van der Waals surface area contributed by atoms with Crippen LogP contribution in [0.1, 0.15) is 57.2 Å². The molecule has 1 aliphatic heterocycles. The van der Waals surface area contributed by atoms with Crippen molar-refractivity contribution in [2.75, 3.05) is 6.54 Å². The van der Waals surface area contributed by atoms with E-state index >= 15 is 0 Å². The van der Waals surface area contributed by atoms with Crippen LogP contribution in [-0.2, 0) is 26.1 Å². The Hall–Kier alpha value is -1.40. The Balaban J connectivity index is 2.13. The van der Waals surface area contributed by atoms with Gasteiger partial charge in [0.05, 0.1) is 17.2 Å². The van der Waals surface area contributed by atoms with E-state index in [0.29, 0.717) is 0 Å². The van der Waals surface area contributed by atoms with E-state index in [-0.39, 0.29) is 17.8 Å². The van der Waals surface area contributed by atoms with Crippen molar-refractivity contribution in [1.82, 2.24) is 5.06 Å². The van der Waals surface area contributed by atoms with Gasteiger partial charge in [-0.05, 0) is 44.7 Å². The van der Waals surface area contributed by atoms with Gasteiger partial charge in [-0.3, -0.25) is 0 Å². The summed E-state index contributed by atoms with van der Waals surface area (Å²) in [7, 11) is -2.41. The number of carbonyl (C=O) groups is 1. The molecular formula is C17H25NO4S. The maximum absolute atomic E-state index is 12.2. The summed E-state index contributed by atoms with van der Waals surface area (Å²) in [5.74, 6) is -0.174. The third-order valence-electron chi connectivity index (χ3n) is 3.94. The van der Waals surface area contributed by atoms with Crippen LogP contribution in [0.4, 0.5) is 0 Å². The van der Waals surface area contributed by atoms with E-state index in [1.807, 2.05) is 45.0 Å². The molecule has 2 rings (SSSR count). The lowest BCUT2D eigenvalue weighted by atomic mass is 9.96. The number of hydroxylamine groups is 2. The molecule has 1 aliphatic rings. The molecule has 0 N–H and O–H groups in total. The molecule has 0 amide bonds. The van der Waals surface area contributed by atoms with Gasteiger partial charge in [0, 0.05) is 6.54 Å². The van der Waals surface area contributed by atoms with Crippen molar-refractivity contribution in [3.63, 3.8) is 0 Å². The highest BCUT2D eigenvalue weighted by atomic mass is 32.2. The maximum Gasteiger partial charge on any atom is 0.330 e. The molecule has 6 heteroatoms. The molecule has 1 unspecified atom stereocenters. The van der Waals surface area contributed by atoms with Crippen molar-refractivity contribution in [3.05, 3.63) is 35.4 Å². The number of benzene rings is 1. The Morgan fingerprint density at radius 1 is 1.22 bits per heavy atom. The second kappa shape index (κ2) is 7.45. The lowest BCUT2D eigenvalue weighted by molar-refractivity contribution is -0.218. The minimum Gasteiger partial charge on any atom is -0.367 e. The first kappa shape index (κ1) is 17.9. The Morgan fingerprint density at radius 2 is 1.87 bits per heavy atom. The molecule has 5 nitrogen and oxygen atoms in total. The van der Waals surface area contributed by atoms with Crippen LogP contribution in [0.25, 0.3) is 0 Å². The lowest BCUT2D eigenvalue weighted by Gasteiger charge is -2.35. The predicted molar refractivity (Wildman–Crippen MR) is 89.3 cm³/mol. The maximum atomic E-state index is 12.2. The minimum absolute atomic E-state index is 0.0325. The van der Waals surface area contributed by atoms with Gasteiger partial charge in [0.2, 0.25) is 0 Å². The largest absolute Gasteiger partial charge is 0.367 e. The first-order chi connectivity index (χ1) is 10.8. The molecule has 0 radical (unpaired) electrons. The second-order valence-electron chi connectivity index (χ2n) is 7.01. The van der Waals surface area contributed by atoms with Crippen LogP contribution in [0.3, 0.4) is 0 Å². The van der Waals surface area contributed by atoms with Crippen LogP contribution in [0.15, 0.2) is 24.3 Å². The molecule has 1 saturated heterocycles. The van der Waals surface area contributed by atoms with Gasteiger partial charge in [-0.15, -0.1) is 5.06 Å². The van der Waals surface area contributed by atoms with Gasteiger partial charge in [-0.1, -0.05) is 30.7 Å². The smallest absolute Gasteiger partial charge is 0.330 e. The molecule has 0 aliphatic carbocycles. The molecule has 128 valence electrons. The van der Waals surface area contributed by atoms with Gasteiger partial charge in [0.1, 0.15) is 10.7 Å². The van der Waals surface area contributed by atoms with Crippen molar-refractivity contribution < 1.29 is 18.0 Å². The van der Waals surface area contributed by atoms with Crippen LogP contribution in [0.2, 0.25) is 0 Å². The molecule has 1 fully saturated rings. The first-order valence-electron chi connectivity index (χ1n) is 7.97. The van der Waals surface area contributed by atoms with Crippen LogP contribution in [0.5, 0.6) is 0 Å². The average Bonchev–Trinajstić information content (AvgIpc) is 2.47. The van der Waals surface area contributed by atoms with E-state index in [1.54, 1.807) is 5.06 Å². The Bertz CT molecular complexity index is 608. The summed E-state index contributed by atoms with van der Waals surface area (Å²) in [6.07, 6.45) is 3.01. The molecule has 23 heavy (non-hydrogen) atoms. The van der Waals surface area contributed by atoms with Crippen molar-refractivity contribution in [2.45, 2.75) is 51.8 Å². The third-order valence-corrected chi connectivity index (χ3v) is 4.57. The number of nitrogens with zero attached hydrogens (tertiary/aromatic N) is 1. The molecule has 1 aromatic rings. The van der Waals surface area contributed by atoms with Crippen molar-refractivity contribution >= 4 is 16.7 Å². The van der Waals surface area contributed by atoms with Crippen LogP contribution < -0.4 is 0 Å². The third kappa shape index (κ3) is 5.04. The van der Waals surface area contributed by atoms with Crippen molar-refractivity contribution in [2.24, 2.45) is 5.41 Å². The lowest BCUT2D eigenvalue weighted by Crippen LogP contribution is -2.38. The first-order valence-corrected chi connectivity index (χ1v) is 9.33. The second-order valence-corrected chi connectivity index (χ2v) is 8.00. The summed E-state index contributed by atoms with van der Waals surface area (Å²) in [6, 6.07) is 7.56. The SMILES string of the molecule is CC(C)(C)C(=O)ON1CCCCC1c1ccc(C[SH](=O)=O)cc1. The van der Waals surface area contributed by atoms with Gasteiger partial charge >= 0.3 is 5.97 Å². The summed E-state index contributed by atoms with van der Waals surface area (Å²) < 4.78 is 21.6. The van der Waals surface area contributed by atoms with Crippen molar-refractivity contribution in [1.29, 1.82) is 0 Å². The zero-order chi connectivity index (χ0) is 17.0. The molecule has 0 aromatic heterocycles. The zero-order valence-electron chi connectivity index (χ0n) is 13.9. The van der Waals surface area contributed by atoms with E-state index < -0.39 is 16.1 Å².